The second kappa shape index (κ2) is 7.12. The molecule has 5 nitrogen and oxygen atoms in total. The first-order chi connectivity index (χ1) is 13.5. The Balaban J connectivity index is 1.55. The van der Waals surface area contributed by atoms with Crippen LogP contribution in [0.4, 0.5) is 11.4 Å². The summed E-state index contributed by atoms with van der Waals surface area (Å²) >= 11 is 0. The van der Waals surface area contributed by atoms with Crippen molar-refractivity contribution < 1.29 is 14.4 Å². The SMILES string of the molecule is C[C@H](Nc1ccccc1)C(=O)Nc1ccc2c(c1)C(=O)c1ccccc1C2=O. The van der Waals surface area contributed by atoms with Gasteiger partial charge in [-0.2, -0.15) is 0 Å². The molecule has 28 heavy (non-hydrogen) atoms. The molecule has 2 N–H and O–H groups in total. The standard InChI is InChI=1S/C23H18N2O3/c1-14(24-15-7-3-2-4-8-15)23(28)25-16-11-12-19-20(13-16)22(27)18-10-6-5-9-17(18)21(19)26/h2-14,24H,1H3,(H,25,28)/t14-/m0/s1. The van der Waals surface area contributed by atoms with Crippen LogP contribution in [0.1, 0.15) is 38.8 Å². The smallest absolute Gasteiger partial charge is 0.246 e. The van der Waals surface area contributed by atoms with Gasteiger partial charge in [-0.25, -0.2) is 0 Å². The summed E-state index contributed by atoms with van der Waals surface area (Å²) in [5.41, 5.74) is 2.79. The van der Waals surface area contributed by atoms with Gasteiger partial charge >= 0.3 is 0 Å². The fraction of sp³-hybridized carbons (Fsp3) is 0.0870. The van der Waals surface area contributed by atoms with Crippen molar-refractivity contribution in [1.82, 2.24) is 0 Å². The molecule has 1 amide bonds. The molecule has 0 fully saturated rings. The van der Waals surface area contributed by atoms with Crippen molar-refractivity contribution in [3.05, 3.63) is 95.1 Å². The molecular formula is C23H18N2O3. The van der Waals surface area contributed by atoms with Crippen molar-refractivity contribution in [2.75, 3.05) is 10.6 Å². The van der Waals surface area contributed by atoms with Crippen LogP contribution in [0, 0.1) is 0 Å². The summed E-state index contributed by atoms with van der Waals surface area (Å²) in [6.45, 7) is 1.76. The number of fused-ring (bicyclic) bond motifs is 2. The first-order valence-electron chi connectivity index (χ1n) is 8.99. The normalized spacial score (nSPS) is 13.3. The number of hydrogen-bond acceptors (Lipinski definition) is 4. The van der Waals surface area contributed by atoms with Crippen LogP contribution in [0.5, 0.6) is 0 Å². The van der Waals surface area contributed by atoms with Crippen LogP contribution in [0.25, 0.3) is 0 Å². The van der Waals surface area contributed by atoms with Crippen molar-refractivity contribution in [3.63, 3.8) is 0 Å². The highest BCUT2D eigenvalue weighted by Crippen LogP contribution is 2.29. The van der Waals surface area contributed by atoms with Gasteiger partial charge in [0.15, 0.2) is 11.6 Å². The Morgan fingerprint density at radius 3 is 1.96 bits per heavy atom. The lowest BCUT2D eigenvalue weighted by atomic mass is 9.84. The van der Waals surface area contributed by atoms with E-state index >= 15 is 0 Å². The lowest BCUT2D eigenvalue weighted by Gasteiger charge is -2.19. The van der Waals surface area contributed by atoms with E-state index in [9.17, 15) is 14.4 Å². The number of carbonyl (C=O) groups excluding carboxylic acids is 3. The fourth-order valence-corrected chi connectivity index (χ4v) is 3.28. The quantitative estimate of drug-likeness (QED) is 0.571. The molecule has 1 atom stereocenters. The Morgan fingerprint density at radius 2 is 1.29 bits per heavy atom. The monoisotopic (exact) mass is 370 g/mol. The van der Waals surface area contributed by atoms with Gasteiger partial charge in [0.1, 0.15) is 6.04 Å². The number of amides is 1. The highest BCUT2D eigenvalue weighted by Gasteiger charge is 2.29. The molecule has 3 aromatic carbocycles. The first kappa shape index (κ1) is 17.7. The zero-order valence-electron chi connectivity index (χ0n) is 15.2. The van der Waals surface area contributed by atoms with Gasteiger partial charge in [-0.1, -0.05) is 42.5 Å². The second-order valence-electron chi connectivity index (χ2n) is 6.69. The zero-order chi connectivity index (χ0) is 19.7. The van der Waals surface area contributed by atoms with Gasteiger partial charge in [0, 0.05) is 33.6 Å². The van der Waals surface area contributed by atoms with E-state index < -0.39 is 6.04 Å². The first-order valence-corrected chi connectivity index (χ1v) is 8.99. The van der Waals surface area contributed by atoms with E-state index in [2.05, 4.69) is 10.6 Å². The highest BCUT2D eigenvalue weighted by atomic mass is 16.2. The third kappa shape index (κ3) is 3.18. The van der Waals surface area contributed by atoms with Crippen molar-refractivity contribution in [1.29, 1.82) is 0 Å². The Kier molecular flexibility index (Phi) is 4.49. The molecule has 0 saturated carbocycles. The summed E-state index contributed by atoms with van der Waals surface area (Å²) < 4.78 is 0. The Labute approximate surface area is 162 Å². The Bertz CT molecular complexity index is 1090. The van der Waals surface area contributed by atoms with Crippen LogP contribution in [0.2, 0.25) is 0 Å². The van der Waals surface area contributed by atoms with E-state index in [0.29, 0.717) is 27.9 Å². The number of anilines is 2. The summed E-state index contributed by atoms with van der Waals surface area (Å²) in [5.74, 6) is -0.627. The molecule has 0 saturated heterocycles. The van der Waals surface area contributed by atoms with Gasteiger partial charge in [0.05, 0.1) is 0 Å². The molecule has 4 rings (SSSR count). The van der Waals surface area contributed by atoms with E-state index in [1.165, 1.54) is 0 Å². The lowest BCUT2D eigenvalue weighted by Crippen LogP contribution is -2.32. The number of nitrogens with one attached hydrogen (secondary N) is 2. The van der Waals surface area contributed by atoms with Gasteiger partial charge in [-0.15, -0.1) is 0 Å². The van der Waals surface area contributed by atoms with Crippen LogP contribution in [-0.4, -0.2) is 23.5 Å². The van der Waals surface area contributed by atoms with E-state index in [0.717, 1.165) is 5.69 Å². The Morgan fingerprint density at radius 1 is 0.714 bits per heavy atom. The summed E-state index contributed by atoms with van der Waals surface area (Å²) in [6.07, 6.45) is 0. The predicted molar refractivity (Wildman–Crippen MR) is 108 cm³/mol. The topological polar surface area (TPSA) is 75.3 Å². The summed E-state index contributed by atoms with van der Waals surface area (Å²) in [6, 6.07) is 20.5. The minimum absolute atomic E-state index is 0.179. The molecule has 0 spiro atoms. The average Bonchev–Trinajstić information content (AvgIpc) is 2.72. The van der Waals surface area contributed by atoms with Crippen LogP contribution in [-0.2, 0) is 4.79 Å². The molecule has 0 aliphatic heterocycles. The van der Waals surface area contributed by atoms with Crippen LogP contribution < -0.4 is 10.6 Å². The number of benzene rings is 3. The summed E-state index contributed by atoms with van der Waals surface area (Å²) in [4.78, 5) is 37.9. The number of rotatable bonds is 4. The van der Waals surface area contributed by atoms with E-state index in [1.807, 2.05) is 30.3 Å². The van der Waals surface area contributed by atoms with Gasteiger partial charge in [0.25, 0.3) is 0 Å². The molecule has 138 valence electrons. The van der Waals surface area contributed by atoms with E-state index in [-0.39, 0.29) is 17.5 Å². The molecule has 0 aromatic heterocycles. The van der Waals surface area contributed by atoms with E-state index in [4.69, 9.17) is 0 Å². The van der Waals surface area contributed by atoms with Crippen molar-refractivity contribution >= 4 is 28.8 Å². The third-order valence-electron chi connectivity index (χ3n) is 4.74. The molecular weight excluding hydrogens is 352 g/mol. The predicted octanol–water partition coefficient (Wildman–Crippen LogP) is 3.90. The molecule has 0 bridgehead atoms. The van der Waals surface area contributed by atoms with Gasteiger partial charge < -0.3 is 10.6 Å². The number of ketones is 2. The van der Waals surface area contributed by atoms with E-state index in [1.54, 1.807) is 49.4 Å². The molecule has 1 aliphatic carbocycles. The molecule has 0 unspecified atom stereocenters. The maximum absolute atomic E-state index is 12.8. The van der Waals surface area contributed by atoms with Crippen molar-refractivity contribution in [2.24, 2.45) is 0 Å². The largest absolute Gasteiger partial charge is 0.374 e. The van der Waals surface area contributed by atoms with Crippen LogP contribution >= 0.6 is 0 Å². The maximum Gasteiger partial charge on any atom is 0.246 e. The number of hydrogen-bond donors (Lipinski definition) is 2. The van der Waals surface area contributed by atoms with Crippen LogP contribution in [0.15, 0.2) is 72.8 Å². The zero-order valence-corrected chi connectivity index (χ0v) is 15.2. The molecule has 0 heterocycles. The molecule has 3 aromatic rings. The minimum Gasteiger partial charge on any atom is -0.374 e. The van der Waals surface area contributed by atoms with Gasteiger partial charge in [0.2, 0.25) is 5.91 Å². The molecule has 1 aliphatic rings. The maximum atomic E-state index is 12.8. The average molecular weight is 370 g/mol. The molecule has 5 heteroatoms. The minimum atomic E-state index is -0.475. The Hall–Kier alpha value is -3.73. The summed E-state index contributed by atoms with van der Waals surface area (Å²) in [5, 5.41) is 5.93. The number of carbonyl (C=O) groups is 3. The van der Waals surface area contributed by atoms with Crippen molar-refractivity contribution in [3.8, 4) is 0 Å². The molecule has 0 radical (unpaired) electrons. The summed E-state index contributed by atoms with van der Waals surface area (Å²) in [7, 11) is 0. The van der Waals surface area contributed by atoms with Crippen molar-refractivity contribution in [2.45, 2.75) is 13.0 Å². The lowest BCUT2D eigenvalue weighted by molar-refractivity contribution is -0.116. The van der Waals surface area contributed by atoms with Gasteiger partial charge in [-0.3, -0.25) is 14.4 Å². The highest BCUT2D eigenvalue weighted by molar-refractivity contribution is 6.28. The third-order valence-corrected chi connectivity index (χ3v) is 4.74. The van der Waals surface area contributed by atoms with Gasteiger partial charge in [-0.05, 0) is 37.3 Å². The number of para-hydroxylation sites is 1. The second-order valence-corrected chi connectivity index (χ2v) is 6.69. The fourth-order valence-electron chi connectivity index (χ4n) is 3.28. The van der Waals surface area contributed by atoms with Crippen LogP contribution in [0.3, 0.4) is 0 Å².